The Bertz CT molecular complexity index is 98.4. The number of ether oxygens (including phenoxy) is 2. The molecule has 1 atom stereocenters. The van der Waals surface area contributed by atoms with Crippen molar-refractivity contribution in [3.8, 4) is 0 Å². The lowest BCUT2D eigenvalue weighted by Crippen LogP contribution is -2.22. The molecule has 0 bridgehead atoms. The molecule has 0 radical (unpaired) electrons. The Morgan fingerprint density at radius 3 is 1.71 bits per heavy atom. The van der Waals surface area contributed by atoms with Gasteiger partial charge in [-0.25, -0.2) is 0 Å². The summed E-state index contributed by atoms with van der Waals surface area (Å²) in [6.07, 6.45) is 1.72. The van der Waals surface area contributed by atoms with Gasteiger partial charge in [0.05, 0.1) is 6.10 Å². The summed E-state index contributed by atoms with van der Waals surface area (Å²) in [4.78, 5) is 2.41. The molecular weight excluding hydrogens is 214 g/mol. The normalized spacial score (nSPS) is 18.0. The molecule has 0 amide bonds. The molecule has 0 spiro atoms. The molecule has 0 aliphatic carbocycles. The van der Waals surface area contributed by atoms with E-state index in [2.05, 4.69) is 16.6 Å². The third-order valence-electron chi connectivity index (χ3n) is 2.30. The second-order valence-corrected chi connectivity index (χ2v) is 3.12. The first-order valence-electron chi connectivity index (χ1n) is 7.02. The first-order valence-corrected chi connectivity index (χ1v) is 7.02. The lowest BCUT2D eigenvalue weighted by Gasteiger charge is -2.11. The van der Waals surface area contributed by atoms with E-state index in [0.717, 1.165) is 13.2 Å². The van der Waals surface area contributed by atoms with Gasteiger partial charge in [0.1, 0.15) is 0 Å². The van der Waals surface area contributed by atoms with Gasteiger partial charge >= 0.3 is 0 Å². The first kappa shape index (κ1) is 22.1. The molecule has 0 aromatic carbocycles. The molecule has 0 unspecified atom stereocenters. The van der Waals surface area contributed by atoms with Crippen molar-refractivity contribution in [2.45, 2.75) is 54.1 Å². The molecule has 1 saturated heterocycles. The number of hydrogen-bond donors (Lipinski definition) is 0. The highest BCUT2D eigenvalue weighted by Crippen LogP contribution is 2.10. The number of likely N-dealkylation sites (tertiary alicyclic amines) is 1. The number of nitrogens with zero attached hydrogens (tertiary/aromatic N) is 1. The van der Waals surface area contributed by atoms with E-state index in [1.54, 1.807) is 14.2 Å². The quantitative estimate of drug-likeness (QED) is 0.765. The maximum Gasteiger partial charge on any atom is 0.0710 e. The zero-order valence-electron chi connectivity index (χ0n) is 13.4. The van der Waals surface area contributed by atoms with Crippen LogP contribution in [0.2, 0.25) is 0 Å². The molecule has 1 fully saturated rings. The van der Waals surface area contributed by atoms with E-state index in [9.17, 15) is 0 Å². The molecule has 17 heavy (non-hydrogen) atoms. The largest absolute Gasteiger partial charge is 0.385 e. The average molecular weight is 249 g/mol. The van der Waals surface area contributed by atoms with Crippen LogP contribution >= 0.6 is 0 Å². The van der Waals surface area contributed by atoms with Gasteiger partial charge in [0.15, 0.2) is 0 Å². The monoisotopic (exact) mass is 249 g/mol. The number of likely N-dealkylation sites (N-methyl/N-ethyl adjacent to an activating group) is 1. The van der Waals surface area contributed by atoms with Gasteiger partial charge in [-0.2, -0.15) is 0 Å². The minimum atomic E-state index is 0.505. The maximum atomic E-state index is 5.20. The van der Waals surface area contributed by atoms with E-state index in [0.29, 0.717) is 6.10 Å². The van der Waals surface area contributed by atoms with Gasteiger partial charge in [-0.1, -0.05) is 34.6 Å². The van der Waals surface area contributed by atoms with Crippen molar-refractivity contribution in [1.82, 2.24) is 4.90 Å². The van der Waals surface area contributed by atoms with Gasteiger partial charge in [-0.15, -0.1) is 0 Å². The molecule has 1 aliphatic rings. The van der Waals surface area contributed by atoms with E-state index in [4.69, 9.17) is 4.74 Å². The summed E-state index contributed by atoms with van der Waals surface area (Å²) < 4.78 is 9.74. The van der Waals surface area contributed by atoms with Crippen LogP contribution in [-0.4, -0.2) is 51.5 Å². The molecule has 0 aromatic heterocycles. The van der Waals surface area contributed by atoms with Crippen molar-refractivity contribution in [1.29, 1.82) is 0 Å². The second kappa shape index (κ2) is 21.2. The minimum absolute atomic E-state index is 0.505. The van der Waals surface area contributed by atoms with Crippen LogP contribution in [-0.2, 0) is 9.47 Å². The fourth-order valence-electron chi connectivity index (χ4n) is 1.28. The Morgan fingerprint density at radius 1 is 1.06 bits per heavy atom. The summed E-state index contributed by atoms with van der Waals surface area (Å²) in [5.74, 6) is 0. The Labute approximate surface area is 109 Å². The van der Waals surface area contributed by atoms with Crippen molar-refractivity contribution in [3.05, 3.63) is 0 Å². The fraction of sp³-hybridized carbons (Fsp3) is 1.00. The van der Waals surface area contributed by atoms with Crippen molar-refractivity contribution in [2.75, 3.05) is 40.5 Å². The van der Waals surface area contributed by atoms with Crippen LogP contribution in [0.15, 0.2) is 0 Å². The highest BCUT2D eigenvalue weighted by molar-refractivity contribution is 4.73. The Kier molecular flexibility index (Phi) is 27.5. The number of methoxy groups -OCH3 is 2. The van der Waals surface area contributed by atoms with Crippen LogP contribution in [0.1, 0.15) is 48.0 Å². The molecular formula is C14H35NO2. The molecule has 108 valence electrons. The average Bonchev–Trinajstić information content (AvgIpc) is 2.91. The first-order chi connectivity index (χ1) is 8.28. The summed E-state index contributed by atoms with van der Waals surface area (Å²) in [6.45, 7) is 16.5. The van der Waals surface area contributed by atoms with Crippen molar-refractivity contribution in [2.24, 2.45) is 0 Å². The summed E-state index contributed by atoms with van der Waals surface area (Å²) in [6, 6.07) is 0. The summed E-state index contributed by atoms with van der Waals surface area (Å²) in [5, 5.41) is 0. The molecule has 0 aromatic rings. The van der Waals surface area contributed by atoms with Crippen LogP contribution < -0.4 is 0 Å². The number of rotatable bonds is 3. The minimum Gasteiger partial charge on any atom is -0.385 e. The van der Waals surface area contributed by atoms with E-state index in [1.807, 2.05) is 34.6 Å². The van der Waals surface area contributed by atoms with Gasteiger partial charge in [0.25, 0.3) is 0 Å². The molecule has 0 saturated carbocycles. The van der Waals surface area contributed by atoms with Crippen molar-refractivity contribution >= 4 is 0 Å². The van der Waals surface area contributed by atoms with Crippen LogP contribution in [0.25, 0.3) is 0 Å². The zero-order chi connectivity index (χ0) is 14.1. The van der Waals surface area contributed by atoms with Crippen LogP contribution in [0, 0.1) is 0 Å². The highest BCUT2D eigenvalue weighted by Gasteiger charge is 2.19. The van der Waals surface area contributed by atoms with Crippen LogP contribution in [0.5, 0.6) is 0 Å². The highest BCUT2D eigenvalue weighted by atomic mass is 16.5. The fourth-order valence-corrected chi connectivity index (χ4v) is 1.28. The predicted molar refractivity (Wildman–Crippen MR) is 77.8 cm³/mol. The van der Waals surface area contributed by atoms with Gasteiger partial charge in [-0.05, 0) is 19.9 Å². The Hall–Kier alpha value is -0.120. The van der Waals surface area contributed by atoms with Crippen molar-refractivity contribution in [3.63, 3.8) is 0 Å². The van der Waals surface area contributed by atoms with E-state index < -0.39 is 0 Å². The van der Waals surface area contributed by atoms with Gasteiger partial charge < -0.3 is 14.4 Å². The van der Waals surface area contributed by atoms with E-state index in [-0.39, 0.29) is 0 Å². The third kappa shape index (κ3) is 15.9. The Morgan fingerprint density at radius 2 is 1.53 bits per heavy atom. The van der Waals surface area contributed by atoms with E-state index in [1.165, 1.54) is 19.5 Å². The van der Waals surface area contributed by atoms with Crippen molar-refractivity contribution < 1.29 is 9.47 Å². The van der Waals surface area contributed by atoms with Crippen LogP contribution in [0.4, 0.5) is 0 Å². The predicted octanol–water partition coefficient (Wildman–Crippen LogP) is 3.43. The van der Waals surface area contributed by atoms with Gasteiger partial charge in [0, 0.05) is 33.9 Å². The molecule has 0 N–H and O–H groups in total. The summed E-state index contributed by atoms with van der Waals surface area (Å²) in [7, 11) is 3.48. The standard InChI is InChI=1S/C7H15NO.C3H8O.2C2H6/c1-3-8-5-4-7(6-8)9-2;1-3-4-2;2*1-2/h7H,3-6H2,1-2H3;3H2,1-2H3;2*1-2H3/t7-;;;/m1.../s1. The second-order valence-electron chi connectivity index (χ2n) is 3.12. The third-order valence-corrected chi connectivity index (χ3v) is 2.30. The SMILES string of the molecule is CC.CC.CCN1CC[C@@H](OC)C1.CCOC. The lowest BCUT2D eigenvalue weighted by atomic mass is 10.3. The molecule has 1 rings (SSSR count). The topological polar surface area (TPSA) is 21.7 Å². The molecule has 3 nitrogen and oxygen atoms in total. The molecule has 1 aliphatic heterocycles. The maximum absolute atomic E-state index is 5.20. The summed E-state index contributed by atoms with van der Waals surface area (Å²) in [5.41, 5.74) is 0. The lowest BCUT2D eigenvalue weighted by molar-refractivity contribution is 0.109. The summed E-state index contributed by atoms with van der Waals surface area (Å²) >= 11 is 0. The van der Waals surface area contributed by atoms with Gasteiger partial charge in [0.2, 0.25) is 0 Å². The number of hydrogen-bond acceptors (Lipinski definition) is 3. The van der Waals surface area contributed by atoms with Crippen LogP contribution in [0.3, 0.4) is 0 Å². The Balaban J connectivity index is -0.000000208. The van der Waals surface area contributed by atoms with Gasteiger partial charge in [-0.3, -0.25) is 0 Å². The molecule has 3 heteroatoms. The zero-order valence-corrected chi connectivity index (χ0v) is 13.4. The molecule has 1 heterocycles. The smallest absolute Gasteiger partial charge is 0.0710 e. The van der Waals surface area contributed by atoms with E-state index >= 15 is 0 Å².